The average Bonchev–Trinajstić information content (AvgIpc) is 2.09. The van der Waals surface area contributed by atoms with Crippen molar-refractivity contribution in [3.63, 3.8) is 0 Å². The summed E-state index contributed by atoms with van der Waals surface area (Å²) in [6.45, 7) is 6.43. The van der Waals surface area contributed by atoms with Crippen LogP contribution in [0.3, 0.4) is 0 Å². The van der Waals surface area contributed by atoms with E-state index in [1.54, 1.807) is 0 Å². The van der Waals surface area contributed by atoms with Gasteiger partial charge in [0.15, 0.2) is 0 Å². The normalized spacial score (nSPS) is 13.8. The van der Waals surface area contributed by atoms with E-state index in [0.717, 1.165) is 0 Å². The van der Waals surface area contributed by atoms with Gasteiger partial charge in [0, 0.05) is 5.75 Å². The fraction of sp³-hybridized carbons (Fsp3) is 0.889. The van der Waals surface area contributed by atoms with E-state index in [1.165, 1.54) is 0 Å². The zero-order valence-corrected chi connectivity index (χ0v) is 9.84. The summed E-state index contributed by atoms with van der Waals surface area (Å²) in [6, 6.07) is -0.645. The molecule has 0 aromatic heterocycles. The molecule has 0 fully saturated rings. The highest BCUT2D eigenvalue weighted by molar-refractivity contribution is 7.80. The van der Waals surface area contributed by atoms with Crippen LogP contribution < -0.4 is 5.73 Å². The van der Waals surface area contributed by atoms with Crippen LogP contribution in [0.25, 0.3) is 0 Å². The lowest BCUT2D eigenvalue weighted by Gasteiger charge is -2.19. The average molecular weight is 221 g/mol. The number of rotatable bonds is 5. The molecule has 0 rings (SSSR count). The second-order valence-electron chi connectivity index (χ2n) is 3.92. The molecule has 0 aliphatic heterocycles. The number of carbonyl (C=O) groups excluding carboxylic acids is 1. The van der Waals surface area contributed by atoms with E-state index in [0.29, 0.717) is 12.4 Å². The van der Waals surface area contributed by atoms with Crippen molar-refractivity contribution in [3.05, 3.63) is 0 Å². The van der Waals surface area contributed by atoms with Crippen molar-refractivity contribution in [2.45, 2.75) is 32.4 Å². The van der Waals surface area contributed by atoms with Crippen molar-refractivity contribution in [2.24, 2.45) is 5.73 Å². The Morgan fingerprint density at radius 2 is 2.00 bits per heavy atom. The molecule has 0 aliphatic rings. The molecule has 5 heteroatoms. The highest BCUT2D eigenvalue weighted by atomic mass is 32.1. The van der Waals surface area contributed by atoms with Gasteiger partial charge in [-0.15, -0.1) is 0 Å². The second-order valence-corrected chi connectivity index (χ2v) is 4.28. The molecule has 0 unspecified atom stereocenters. The molecule has 84 valence electrons. The van der Waals surface area contributed by atoms with Crippen LogP contribution in [0.4, 0.5) is 0 Å². The molecule has 0 saturated carbocycles. The zero-order chi connectivity index (χ0) is 11.2. The Balaban J connectivity index is 3.51. The van der Waals surface area contributed by atoms with Crippen LogP contribution in [-0.2, 0) is 14.3 Å². The van der Waals surface area contributed by atoms with Gasteiger partial charge in [-0.1, -0.05) is 0 Å². The van der Waals surface area contributed by atoms with Gasteiger partial charge in [-0.3, -0.25) is 4.79 Å². The van der Waals surface area contributed by atoms with Crippen molar-refractivity contribution in [1.82, 2.24) is 0 Å². The maximum atomic E-state index is 11.0. The maximum Gasteiger partial charge on any atom is 0.323 e. The number of carbonyl (C=O) groups is 1. The minimum absolute atomic E-state index is 0.210. The highest BCUT2D eigenvalue weighted by Crippen LogP contribution is 2.05. The van der Waals surface area contributed by atoms with E-state index in [1.807, 2.05) is 20.8 Å². The summed E-state index contributed by atoms with van der Waals surface area (Å²) in [5.74, 6) is -0.142. The molecule has 0 amide bonds. The zero-order valence-electron chi connectivity index (χ0n) is 8.95. The molecule has 0 bridgehead atoms. The first kappa shape index (κ1) is 13.7. The SMILES string of the molecule is CC(C)(C)OCCOC(=O)[C@@H](N)CS. The Morgan fingerprint density at radius 1 is 1.43 bits per heavy atom. The fourth-order valence-corrected chi connectivity index (χ4v) is 0.821. The van der Waals surface area contributed by atoms with Crippen LogP contribution in [0, 0.1) is 0 Å². The Hall–Kier alpha value is -0.260. The van der Waals surface area contributed by atoms with Gasteiger partial charge in [0.05, 0.1) is 12.2 Å². The first-order chi connectivity index (χ1) is 6.37. The molecule has 0 aliphatic carbocycles. The standard InChI is InChI=1S/C9H19NO3S/c1-9(2,3)13-5-4-12-8(11)7(10)6-14/h7,14H,4-6,10H2,1-3H3/t7-/m0/s1. The van der Waals surface area contributed by atoms with Gasteiger partial charge in [-0.05, 0) is 20.8 Å². The summed E-state index contributed by atoms with van der Waals surface area (Å²) in [6.07, 6.45) is 0. The summed E-state index contributed by atoms with van der Waals surface area (Å²) in [5.41, 5.74) is 5.18. The highest BCUT2D eigenvalue weighted by Gasteiger charge is 2.14. The van der Waals surface area contributed by atoms with Crippen LogP contribution in [0.15, 0.2) is 0 Å². The van der Waals surface area contributed by atoms with Gasteiger partial charge in [-0.2, -0.15) is 12.6 Å². The summed E-state index contributed by atoms with van der Waals surface area (Å²) >= 11 is 3.89. The van der Waals surface area contributed by atoms with Crippen molar-refractivity contribution >= 4 is 18.6 Å². The van der Waals surface area contributed by atoms with Crippen LogP contribution >= 0.6 is 12.6 Å². The topological polar surface area (TPSA) is 61.5 Å². The number of hydrogen-bond donors (Lipinski definition) is 2. The Morgan fingerprint density at radius 3 is 2.43 bits per heavy atom. The van der Waals surface area contributed by atoms with E-state index >= 15 is 0 Å². The smallest absolute Gasteiger partial charge is 0.323 e. The van der Waals surface area contributed by atoms with Crippen molar-refractivity contribution < 1.29 is 14.3 Å². The maximum absolute atomic E-state index is 11.0. The number of nitrogens with two attached hydrogens (primary N) is 1. The molecule has 2 N–H and O–H groups in total. The van der Waals surface area contributed by atoms with E-state index < -0.39 is 12.0 Å². The van der Waals surface area contributed by atoms with Gasteiger partial charge in [0.25, 0.3) is 0 Å². The Labute approximate surface area is 90.5 Å². The third kappa shape index (κ3) is 7.17. The third-order valence-corrected chi connectivity index (χ3v) is 1.76. The molecule has 0 heterocycles. The van der Waals surface area contributed by atoms with E-state index in [9.17, 15) is 4.79 Å². The fourth-order valence-electron chi connectivity index (χ4n) is 0.672. The summed E-state index contributed by atoms with van der Waals surface area (Å²) in [7, 11) is 0. The lowest BCUT2D eigenvalue weighted by atomic mass is 10.2. The van der Waals surface area contributed by atoms with Gasteiger partial charge in [0.1, 0.15) is 12.6 Å². The molecule has 14 heavy (non-hydrogen) atoms. The molecule has 0 spiro atoms. The second kappa shape index (κ2) is 6.27. The summed E-state index contributed by atoms with van der Waals surface area (Å²) < 4.78 is 10.2. The van der Waals surface area contributed by atoms with E-state index in [-0.39, 0.29) is 12.2 Å². The lowest BCUT2D eigenvalue weighted by Crippen LogP contribution is -2.35. The van der Waals surface area contributed by atoms with Gasteiger partial charge >= 0.3 is 5.97 Å². The molecule has 0 aromatic carbocycles. The van der Waals surface area contributed by atoms with Gasteiger partial charge in [-0.25, -0.2) is 0 Å². The van der Waals surface area contributed by atoms with E-state index in [2.05, 4.69) is 12.6 Å². The molecule has 4 nitrogen and oxygen atoms in total. The van der Waals surface area contributed by atoms with E-state index in [4.69, 9.17) is 15.2 Å². The van der Waals surface area contributed by atoms with Crippen LogP contribution in [0.2, 0.25) is 0 Å². The number of thiol groups is 1. The molecular weight excluding hydrogens is 202 g/mol. The molecule has 0 radical (unpaired) electrons. The third-order valence-electron chi connectivity index (χ3n) is 1.36. The summed E-state index contributed by atoms with van der Waals surface area (Å²) in [5, 5.41) is 0. The quantitative estimate of drug-likeness (QED) is 0.405. The van der Waals surface area contributed by atoms with Gasteiger partial charge < -0.3 is 15.2 Å². The predicted octanol–water partition coefficient (Wildman–Crippen LogP) is 0.602. The Bertz CT molecular complexity index is 179. The molecule has 1 atom stereocenters. The molecule has 0 saturated heterocycles. The largest absolute Gasteiger partial charge is 0.462 e. The minimum atomic E-state index is -0.645. The monoisotopic (exact) mass is 221 g/mol. The van der Waals surface area contributed by atoms with Crippen molar-refractivity contribution in [2.75, 3.05) is 19.0 Å². The van der Waals surface area contributed by atoms with Crippen LogP contribution in [-0.4, -0.2) is 36.6 Å². The van der Waals surface area contributed by atoms with Crippen LogP contribution in [0.5, 0.6) is 0 Å². The first-order valence-corrected chi connectivity index (χ1v) is 5.17. The number of esters is 1. The predicted molar refractivity (Wildman–Crippen MR) is 58.5 cm³/mol. The number of ether oxygens (including phenoxy) is 2. The molecular formula is C9H19NO3S. The van der Waals surface area contributed by atoms with Gasteiger partial charge in [0.2, 0.25) is 0 Å². The van der Waals surface area contributed by atoms with Crippen LogP contribution in [0.1, 0.15) is 20.8 Å². The Kier molecular flexibility index (Phi) is 6.15. The summed E-state index contributed by atoms with van der Waals surface area (Å²) in [4.78, 5) is 11.0. The number of hydrogen-bond acceptors (Lipinski definition) is 5. The minimum Gasteiger partial charge on any atom is -0.462 e. The first-order valence-electron chi connectivity index (χ1n) is 4.54. The van der Waals surface area contributed by atoms with Crippen molar-refractivity contribution in [3.8, 4) is 0 Å². The molecule has 0 aromatic rings. The van der Waals surface area contributed by atoms with Crippen molar-refractivity contribution in [1.29, 1.82) is 0 Å². The lowest BCUT2D eigenvalue weighted by molar-refractivity contribution is -0.147.